The number of carbonyl (C=O) groups is 1. The Hall–Kier alpha value is -4.04. The number of amides is 1. The number of rotatable bonds is 7. The Morgan fingerprint density at radius 1 is 1.03 bits per heavy atom. The molecule has 1 amide bonds. The van der Waals surface area contributed by atoms with Crippen LogP contribution in [0.25, 0.3) is 5.70 Å². The summed E-state index contributed by atoms with van der Waals surface area (Å²) in [6.07, 6.45) is 7.81. The normalized spacial score (nSPS) is 17.6. The van der Waals surface area contributed by atoms with E-state index in [1.54, 1.807) is 14.2 Å². The highest BCUT2D eigenvalue weighted by atomic mass is 16.5. The Morgan fingerprint density at radius 2 is 1.81 bits per heavy atom. The van der Waals surface area contributed by atoms with Crippen LogP contribution in [-0.4, -0.2) is 56.2 Å². The summed E-state index contributed by atoms with van der Waals surface area (Å²) < 4.78 is 18.2. The summed E-state index contributed by atoms with van der Waals surface area (Å²) in [4.78, 5) is 15.4. The molecule has 0 unspecified atom stereocenters. The molecule has 2 aromatic carbocycles. The van der Waals surface area contributed by atoms with Gasteiger partial charge in [-0.15, -0.1) is 0 Å². The van der Waals surface area contributed by atoms with Crippen LogP contribution in [0, 0.1) is 0 Å². The lowest BCUT2D eigenvalue weighted by atomic mass is 10.1. The van der Waals surface area contributed by atoms with Crippen LogP contribution in [0.2, 0.25) is 0 Å². The third-order valence-electron chi connectivity index (χ3n) is 6.65. The van der Waals surface area contributed by atoms with E-state index in [0.717, 1.165) is 61.7 Å². The number of methoxy groups -OCH3 is 2. The van der Waals surface area contributed by atoms with E-state index in [-0.39, 0.29) is 5.91 Å². The number of hydrogen-bond acceptors (Lipinski definition) is 6. The highest BCUT2D eigenvalue weighted by molar-refractivity contribution is 5.92. The molecule has 1 fully saturated rings. The van der Waals surface area contributed by atoms with Crippen LogP contribution in [-0.2, 0) is 17.7 Å². The molecule has 1 N–H and O–H groups in total. The van der Waals surface area contributed by atoms with E-state index < -0.39 is 0 Å². The molecule has 1 saturated heterocycles. The van der Waals surface area contributed by atoms with Crippen LogP contribution in [0.5, 0.6) is 11.5 Å². The van der Waals surface area contributed by atoms with Crippen molar-refractivity contribution in [2.24, 2.45) is 0 Å². The molecular formula is C29H32N4O4. The van der Waals surface area contributed by atoms with Crippen LogP contribution in [0.1, 0.15) is 33.7 Å². The zero-order valence-electron chi connectivity index (χ0n) is 21.3. The van der Waals surface area contributed by atoms with Crippen molar-refractivity contribution in [1.29, 1.82) is 0 Å². The molecular weight excluding hydrogens is 468 g/mol. The second-order valence-corrected chi connectivity index (χ2v) is 8.97. The van der Waals surface area contributed by atoms with Crippen molar-refractivity contribution in [3.8, 4) is 11.5 Å². The van der Waals surface area contributed by atoms with E-state index in [1.807, 2.05) is 41.1 Å². The van der Waals surface area contributed by atoms with Crippen LogP contribution in [0.15, 0.2) is 66.8 Å². The Balaban J connectivity index is 1.32. The molecule has 5 rings (SSSR count). The predicted octanol–water partition coefficient (Wildman–Crippen LogP) is 4.06. The fourth-order valence-corrected chi connectivity index (χ4v) is 4.61. The average Bonchev–Trinajstić information content (AvgIpc) is 3.35. The second kappa shape index (κ2) is 11.3. The van der Waals surface area contributed by atoms with E-state index in [1.165, 1.54) is 5.69 Å². The highest BCUT2D eigenvalue weighted by Gasteiger charge is 2.19. The summed E-state index contributed by atoms with van der Waals surface area (Å²) in [6.45, 7) is 3.74. The van der Waals surface area contributed by atoms with Crippen molar-refractivity contribution >= 4 is 17.3 Å². The molecule has 3 aromatic rings. The molecule has 2 aliphatic heterocycles. The smallest absolute Gasteiger partial charge is 0.272 e. The number of ether oxygens (including phenoxy) is 3. The summed E-state index contributed by atoms with van der Waals surface area (Å²) >= 11 is 0. The summed E-state index contributed by atoms with van der Waals surface area (Å²) in [6, 6.07) is 16.0. The molecule has 2 aliphatic rings. The molecule has 37 heavy (non-hydrogen) atoms. The van der Waals surface area contributed by atoms with Gasteiger partial charge in [-0.05, 0) is 60.9 Å². The fraction of sp³-hybridized carbons (Fsp3) is 0.310. The molecule has 8 heteroatoms. The first-order chi connectivity index (χ1) is 18.2. The van der Waals surface area contributed by atoms with Gasteiger partial charge < -0.3 is 24.4 Å². The molecule has 0 radical (unpaired) electrons. The maximum absolute atomic E-state index is 13.1. The number of hydrogen-bond donors (Lipinski definition) is 1. The number of aryl methyl sites for hydroxylation is 1. The Bertz CT molecular complexity index is 1300. The van der Waals surface area contributed by atoms with Gasteiger partial charge in [0, 0.05) is 36.6 Å². The van der Waals surface area contributed by atoms with E-state index >= 15 is 0 Å². The summed E-state index contributed by atoms with van der Waals surface area (Å²) in [5.41, 5.74) is 5.37. The number of nitrogens with one attached hydrogen (secondary N) is 1. The van der Waals surface area contributed by atoms with Gasteiger partial charge in [-0.25, -0.2) is 4.68 Å². The maximum atomic E-state index is 13.1. The van der Waals surface area contributed by atoms with Crippen LogP contribution in [0.3, 0.4) is 0 Å². The fourth-order valence-electron chi connectivity index (χ4n) is 4.61. The van der Waals surface area contributed by atoms with Crippen molar-refractivity contribution in [3.05, 3.63) is 89.3 Å². The van der Waals surface area contributed by atoms with Gasteiger partial charge in [0.2, 0.25) is 0 Å². The lowest BCUT2D eigenvalue weighted by Crippen LogP contribution is -2.36. The van der Waals surface area contributed by atoms with E-state index in [2.05, 4.69) is 40.6 Å². The second-order valence-electron chi connectivity index (χ2n) is 8.97. The molecule has 0 aliphatic carbocycles. The number of morpholine rings is 1. The van der Waals surface area contributed by atoms with Gasteiger partial charge in [-0.2, -0.15) is 5.10 Å². The van der Waals surface area contributed by atoms with Gasteiger partial charge in [0.25, 0.3) is 5.91 Å². The molecule has 192 valence electrons. The minimum atomic E-state index is -0.198. The standard InChI is InChI=1S/C29H32N4O4/c1-35-27-13-10-22(18-28(27)36-2)26-7-5-3-4-6-24-19-25(31-33(24)26)29(34)30-20-21-8-11-23(12-9-21)32-14-16-37-17-15-32/h3,5,7-13,18-19H,4,6,14-17,20H2,1-2H3,(H,30,34)/b5-3-,26-7-. The number of aromatic nitrogens is 2. The zero-order valence-corrected chi connectivity index (χ0v) is 21.3. The van der Waals surface area contributed by atoms with Gasteiger partial charge in [-0.1, -0.05) is 24.3 Å². The SMILES string of the molecule is COc1ccc(/C2=C/C=C\CCc3cc(C(=O)NCc4ccc(N5CCOCC5)cc4)nn32)cc1OC. The van der Waals surface area contributed by atoms with E-state index in [0.29, 0.717) is 23.7 Å². The third kappa shape index (κ3) is 5.54. The van der Waals surface area contributed by atoms with Gasteiger partial charge in [-0.3, -0.25) is 4.79 Å². The van der Waals surface area contributed by atoms with Gasteiger partial charge >= 0.3 is 0 Å². The minimum absolute atomic E-state index is 0.198. The summed E-state index contributed by atoms with van der Waals surface area (Å²) in [5.74, 6) is 1.10. The molecule has 1 aromatic heterocycles. The third-order valence-corrected chi connectivity index (χ3v) is 6.65. The molecule has 0 saturated carbocycles. The van der Waals surface area contributed by atoms with Crippen molar-refractivity contribution < 1.29 is 19.0 Å². The predicted molar refractivity (Wildman–Crippen MR) is 143 cm³/mol. The average molecular weight is 501 g/mol. The number of anilines is 1. The molecule has 8 nitrogen and oxygen atoms in total. The van der Waals surface area contributed by atoms with Crippen molar-refractivity contribution in [1.82, 2.24) is 15.1 Å². The summed E-state index contributed by atoms with van der Waals surface area (Å²) in [5, 5.41) is 7.73. The van der Waals surface area contributed by atoms with Crippen molar-refractivity contribution in [3.63, 3.8) is 0 Å². The Morgan fingerprint density at radius 3 is 2.57 bits per heavy atom. The maximum Gasteiger partial charge on any atom is 0.272 e. The van der Waals surface area contributed by atoms with Crippen molar-refractivity contribution in [2.75, 3.05) is 45.4 Å². The van der Waals surface area contributed by atoms with Gasteiger partial charge in [0.05, 0.1) is 33.1 Å². The number of fused-ring (bicyclic) bond motifs is 1. The van der Waals surface area contributed by atoms with E-state index in [4.69, 9.17) is 19.3 Å². The quantitative estimate of drug-likeness (QED) is 0.527. The topological polar surface area (TPSA) is 77.9 Å². The van der Waals surface area contributed by atoms with Crippen LogP contribution >= 0.6 is 0 Å². The molecule has 0 bridgehead atoms. The lowest BCUT2D eigenvalue weighted by molar-refractivity contribution is 0.0945. The number of benzene rings is 2. The molecule has 0 spiro atoms. The lowest BCUT2D eigenvalue weighted by Gasteiger charge is -2.28. The monoisotopic (exact) mass is 500 g/mol. The minimum Gasteiger partial charge on any atom is -0.493 e. The molecule has 3 heterocycles. The number of allylic oxidation sites excluding steroid dienone is 3. The van der Waals surface area contributed by atoms with Gasteiger partial charge in [0.15, 0.2) is 17.2 Å². The van der Waals surface area contributed by atoms with Crippen LogP contribution in [0.4, 0.5) is 5.69 Å². The van der Waals surface area contributed by atoms with E-state index in [9.17, 15) is 4.79 Å². The summed E-state index contributed by atoms with van der Waals surface area (Å²) in [7, 11) is 3.23. The largest absolute Gasteiger partial charge is 0.493 e. The first-order valence-corrected chi connectivity index (χ1v) is 12.5. The first kappa shape index (κ1) is 24.6. The number of carbonyl (C=O) groups excluding carboxylic acids is 1. The Kier molecular flexibility index (Phi) is 7.56. The highest BCUT2D eigenvalue weighted by Crippen LogP contribution is 2.32. The Labute approximate surface area is 217 Å². The van der Waals surface area contributed by atoms with Crippen LogP contribution < -0.4 is 19.7 Å². The number of nitrogens with zero attached hydrogens (tertiary/aromatic N) is 3. The zero-order chi connectivity index (χ0) is 25.6. The van der Waals surface area contributed by atoms with Crippen molar-refractivity contribution in [2.45, 2.75) is 19.4 Å². The van der Waals surface area contributed by atoms with Gasteiger partial charge in [0.1, 0.15) is 0 Å². The molecule has 0 atom stereocenters. The first-order valence-electron chi connectivity index (χ1n) is 12.5.